The zero-order valence-electron chi connectivity index (χ0n) is 17.2. The number of alkyl halides is 3. The van der Waals surface area contributed by atoms with E-state index in [1.54, 1.807) is 0 Å². The molecule has 0 saturated carbocycles. The SMILES string of the molecule is CCCOc1ccc(C(F)(F)F)cc1NC(=O)CCS(=O)(=O)c1ccc2c(c1)OCCO2. The van der Waals surface area contributed by atoms with Crippen LogP contribution >= 0.6 is 0 Å². The van der Waals surface area contributed by atoms with Gasteiger partial charge in [-0.15, -0.1) is 0 Å². The molecule has 174 valence electrons. The average Bonchev–Trinajstić information content (AvgIpc) is 2.76. The van der Waals surface area contributed by atoms with Gasteiger partial charge in [-0.1, -0.05) is 6.92 Å². The van der Waals surface area contributed by atoms with E-state index in [0.717, 1.165) is 18.2 Å². The molecule has 11 heteroatoms. The summed E-state index contributed by atoms with van der Waals surface area (Å²) in [5.74, 6) is -0.502. The number of amides is 1. The molecule has 0 aliphatic carbocycles. The van der Waals surface area contributed by atoms with Crippen molar-refractivity contribution >= 4 is 21.4 Å². The summed E-state index contributed by atoms with van der Waals surface area (Å²) < 4.78 is 80.5. The van der Waals surface area contributed by atoms with E-state index >= 15 is 0 Å². The molecule has 2 aromatic carbocycles. The van der Waals surface area contributed by atoms with Crippen LogP contribution in [-0.4, -0.2) is 39.9 Å². The third kappa shape index (κ3) is 5.84. The van der Waals surface area contributed by atoms with E-state index in [4.69, 9.17) is 14.2 Å². The second kappa shape index (κ2) is 9.68. The van der Waals surface area contributed by atoms with Crippen molar-refractivity contribution in [1.29, 1.82) is 0 Å². The Balaban J connectivity index is 1.71. The van der Waals surface area contributed by atoms with Gasteiger partial charge in [0.25, 0.3) is 0 Å². The molecular formula is C21H22F3NO6S. The van der Waals surface area contributed by atoms with Crippen molar-refractivity contribution in [2.45, 2.75) is 30.8 Å². The van der Waals surface area contributed by atoms with Crippen molar-refractivity contribution in [1.82, 2.24) is 0 Å². The van der Waals surface area contributed by atoms with Crippen LogP contribution < -0.4 is 19.5 Å². The van der Waals surface area contributed by atoms with Crippen molar-refractivity contribution in [2.24, 2.45) is 0 Å². The predicted molar refractivity (Wildman–Crippen MR) is 110 cm³/mol. The number of ether oxygens (including phenoxy) is 3. The number of sulfone groups is 1. The molecule has 0 atom stereocenters. The van der Waals surface area contributed by atoms with E-state index in [0.29, 0.717) is 31.1 Å². The number of halogens is 3. The van der Waals surface area contributed by atoms with Gasteiger partial charge >= 0.3 is 6.18 Å². The van der Waals surface area contributed by atoms with Crippen molar-refractivity contribution in [3.05, 3.63) is 42.0 Å². The Bertz CT molecular complexity index is 1090. The van der Waals surface area contributed by atoms with Gasteiger partial charge in [0, 0.05) is 12.5 Å². The molecule has 0 spiro atoms. The number of hydrogen-bond donors (Lipinski definition) is 1. The summed E-state index contributed by atoms with van der Waals surface area (Å²) in [6.45, 7) is 2.72. The normalized spacial score (nSPS) is 13.5. The summed E-state index contributed by atoms with van der Waals surface area (Å²) in [5.41, 5.74) is -1.13. The largest absolute Gasteiger partial charge is 0.491 e. The number of fused-ring (bicyclic) bond motifs is 1. The smallest absolute Gasteiger partial charge is 0.416 e. The number of nitrogens with one attached hydrogen (secondary N) is 1. The summed E-state index contributed by atoms with van der Waals surface area (Å²) in [6.07, 6.45) is -4.45. The van der Waals surface area contributed by atoms with Gasteiger partial charge in [0.1, 0.15) is 19.0 Å². The molecule has 0 saturated heterocycles. The Hall–Kier alpha value is -2.95. The Labute approximate surface area is 183 Å². The topological polar surface area (TPSA) is 90.9 Å². The Morgan fingerprint density at radius 2 is 1.81 bits per heavy atom. The van der Waals surface area contributed by atoms with Crippen LogP contribution in [0.4, 0.5) is 18.9 Å². The van der Waals surface area contributed by atoms with Gasteiger partial charge < -0.3 is 19.5 Å². The number of rotatable bonds is 8. The van der Waals surface area contributed by atoms with E-state index in [2.05, 4.69) is 5.32 Å². The molecule has 1 N–H and O–H groups in total. The molecule has 0 radical (unpaired) electrons. The zero-order chi connectivity index (χ0) is 23.4. The maximum atomic E-state index is 13.0. The highest BCUT2D eigenvalue weighted by molar-refractivity contribution is 7.91. The minimum atomic E-state index is -4.61. The van der Waals surface area contributed by atoms with Crippen LogP contribution in [0.5, 0.6) is 17.2 Å². The minimum absolute atomic E-state index is 0.0411. The molecule has 2 aromatic rings. The predicted octanol–water partition coefficient (Wildman–Crippen LogP) is 4.07. The van der Waals surface area contributed by atoms with Gasteiger partial charge in [0.2, 0.25) is 5.91 Å². The highest BCUT2D eigenvalue weighted by Crippen LogP contribution is 2.35. The highest BCUT2D eigenvalue weighted by atomic mass is 32.2. The van der Waals surface area contributed by atoms with Crippen LogP contribution in [0.25, 0.3) is 0 Å². The first kappa shape index (κ1) is 23.7. The van der Waals surface area contributed by atoms with Crippen LogP contribution in [0.3, 0.4) is 0 Å². The first-order valence-corrected chi connectivity index (χ1v) is 11.5. The standard InChI is InChI=1S/C21H22F3NO6S/c1-2-8-29-17-5-3-14(21(22,23)24)12-16(17)25-20(26)7-11-32(27,28)15-4-6-18-19(13-15)31-10-9-30-18/h3-6,12-13H,2,7-11H2,1H3,(H,25,26). The minimum Gasteiger partial charge on any atom is -0.491 e. The number of anilines is 1. The van der Waals surface area contributed by atoms with Gasteiger partial charge in [0.05, 0.1) is 28.5 Å². The van der Waals surface area contributed by atoms with Gasteiger partial charge in [-0.05, 0) is 36.8 Å². The number of carbonyl (C=O) groups excluding carboxylic acids is 1. The summed E-state index contributed by atoms with van der Waals surface area (Å²) in [4.78, 5) is 12.3. The van der Waals surface area contributed by atoms with E-state index in [-0.39, 0.29) is 22.9 Å². The average molecular weight is 473 g/mol. The molecule has 3 rings (SSSR count). The van der Waals surface area contributed by atoms with Gasteiger partial charge in [-0.3, -0.25) is 4.79 Å². The van der Waals surface area contributed by atoms with Crippen LogP contribution in [0, 0.1) is 0 Å². The van der Waals surface area contributed by atoms with E-state index in [1.807, 2.05) is 6.92 Å². The van der Waals surface area contributed by atoms with Crippen molar-refractivity contribution in [3.63, 3.8) is 0 Å². The van der Waals surface area contributed by atoms with Gasteiger partial charge in [0.15, 0.2) is 21.3 Å². The second-order valence-electron chi connectivity index (χ2n) is 6.98. The maximum absolute atomic E-state index is 13.0. The number of benzene rings is 2. The molecule has 0 unspecified atom stereocenters. The molecule has 0 bridgehead atoms. The molecule has 0 fully saturated rings. The second-order valence-corrected chi connectivity index (χ2v) is 9.09. The summed E-state index contributed by atoms with van der Waals surface area (Å²) in [5, 5.41) is 2.33. The fraction of sp³-hybridized carbons (Fsp3) is 0.381. The molecule has 0 aromatic heterocycles. The summed E-state index contributed by atoms with van der Waals surface area (Å²) in [6, 6.07) is 6.89. The maximum Gasteiger partial charge on any atom is 0.416 e. The fourth-order valence-electron chi connectivity index (χ4n) is 2.92. The van der Waals surface area contributed by atoms with Gasteiger partial charge in [-0.2, -0.15) is 13.2 Å². The first-order valence-electron chi connectivity index (χ1n) is 9.86. The van der Waals surface area contributed by atoms with Crippen LogP contribution in [0.1, 0.15) is 25.3 Å². The molecule has 32 heavy (non-hydrogen) atoms. The Morgan fingerprint density at radius 1 is 1.09 bits per heavy atom. The van der Waals surface area contributed by atoms with Crippen LogP contribution in [0.15, 0.2) is 41.3 Å². The molecule has 7 nitrogen and oxygen atoms in total. The quantitative estimate of drug-likeness (QED) is 0.622. The van der Waals surface area contributed by atoms with E-state index in [1.165, 1.54) is 18.2 Å². The number of carbonyl (C=O) groups is 1. The lowest BCUT2D eigenvalue weighted by atomic mass is 10.1. The van der Waals surface area contributed by atoms with Gasteiger partial charge in [-0.25, -0.2) is 8.42 Å². The lowest BCUT2D eigenvalue weighted by Crippen LogP contribution is -2.19. The lowest BCUT2D eigenvalue weighted by molar-refractivity contribution is -0.137. The third-order valence-corrected chi connectivity index (χ3v) is 6.23. The van der Waals surface area contributed by atoms with Crippen molar-refractivity contribution in [2.75, 3.05) is 30.9 Å². The van der Waals surface area contributed by atoms with E-state index < -0.39 is 39.7 Å². The Kier molecular flexibility index (Phi) is 7.17. The zero-order valence-corrected chi connectivity index (χ0v) is 18.0. The monoisotopic (exact) mass is 473 g/mol. The molecule has 1 amide bonds. The van der Waals surface area contributed by atoms with E-state index in [9.17, 15) is 26.4 Å². The Morgan fingerprint density at radius 3 is 2.50 bits per heavy atom. The van der Waals surface area contributed by atoms with Crippen LogP contribution in [-0.2, 0) is 20.8 Å². The van der Waals surface area contributed by atoms with Crippen molar-refractivity contribution in [3.8, 4) is 17.2 Å². The van der Waals surface area contributed by atoms with Crippen LogP contribution in [0.2, 0.25) is 0 Å². The van der Waals surface area contributed by atoms with Crippen molar-refractivity contribution < 1.29 is 40.6 Å². The molecule has 1 aliphatic rings. The summed E-state index contributed by atoms with van der Waals surface area (Å²) in [7, 11) is -3.84. The number of hydrogen-bond acceptors (Lipinski definition) is 6. The summed E-state index contributed by atoms with van der Waals surface area (Å²) >= 11 is 0. The molecule has 1 heterocycles. The fourth-order valence-corrected chi connectivity index (χ4v) is 4.17. The first-order chi connectivity index (χ1) is 15.1. The molecular weight excluding hydrogens is 451 g/mol. The third-order valence-electron chi connectivity index (χ3n) is 4.51. The lowest BCUT2D eigenvalue weighted by Gasteiger charge is -2.18. The highest BCUT2D eigenvalue weighted by Gasteiger charge is 2.31. The molecule has 1 aliphatic heterocycles.